The molecule has 7 nitrogen and oxygen atoms in total. The van der Waals surface area contributed by atoms with E-state index in [0.29, 0.717) is 20.6 Å². The van der Waals surface area contributed by atoms with Gasteiger partial charge >= 0.3 is 0 Å². The van der Waals surface area contributed by atoms with Crippen molar-refractivity contribution in [1.82, 2.24) is 10.2 Å². The van der Waals surface area contributed by atoms with Gasteiger partial charge in [-0.3, -0.25) is 13.9 Å². The van der Waals surface area contributed by atoms with Crippen molar-refractivity contribution in [3.8, 4) is 0 Å². The van der Waals surface area contributed by atoms with Gasteiger partial charge in [-0.2, -0.15) is 0 Å². The molecular weight excluding hydrogens is 617 g/mol. The van der Waals surface area contributed by atoms with E-state index in [-0.39, 0.29) is 30.6 Å². The average Bonchev–Trinajstić information content (AvgIpc) is 2.95. The Morgan fingerprint density at radius 3 is 2.17 bits per heavy atom. The predicted molar refractivity (Wildman–Crippen MR) is 170 cm³/mol. The lowest BCUT2D eigenvalue weighted by molar-refractivity contribution is -0.140. The first-order valence-electron chi connectivity index (χ1n) is 13.8. The molecule has 4 rings (SSSR count). The second-order valence-corrected chi connectivity index (χ2v) is 13.7. The number of carbonyl (C=O) groups excluding carboxylic acids is 2. The van der Waals surface area contributed by atoms with Gasteiger partial charge in [-0.15, -0.1) is 0 Å². The number of anilines is 1. The van der Waals surface area contributed by atoms with Gasteiger partial charge in [0.05, 0.1) is 11.9 Å². The predicted octanol–water partition coefficient (Wildman–Crippen LogP) is 6.50. The van der Waals surface area contributed by atoms with Crippen LogP contribution in [0, 0.1) is 0 Å². The Bertz CT molecular complexity index is 1480. The van der Waals surface area contributed by atoms with Crippen LogP contribution in [0.5, 0.6) is 0 Å². The van der Waals surface area contributed by atoms with Crippen LogP contribution in [0.4, 0.5) is 5.69 Å². The molecule has 1 aliphatic carbocycles. The van der Waals surface area contributed by atoms with Crippen molar-refractivity contribution >= 4 is 62.3 Å². The summed E-state index contributed by atoms with van der Waals surface area (Å²) in [6, 6.07) is 19.7. The lowest BCUT2D eigenvalue weighted by Crippen LogP contribution is -2.55. The first-order chi connectivity index (χ1) is 20.0. The summed E-state index contributed by atoms with van der Waals surface area (Å²) in [6.07, 6.45) is 6.14. The molecule has 1 unspecified atom stereocenters. The van der Waals surface area contributed by atoms with Crippen LogP contribution in [0.1, 0.15) is 43.2 Å². The maximum Gasteiger partial charge on any atom is 0.244 e. The van der Waals surface area contributed by atoms with E-state index in [1.807, 2.05) is 30.3 Å². The molecule has 1 N–H and O–H groups in total. The van der Waals surface area contributed by atoms with E-state index in [1.165, 1.54) is 11.0 Å². The molecule has 11 heteroatoms. The van der Waals surface area contributed by atoms with E-state index in [1.54, 1.807) is 36.4 Å². The van der Waals surface area contributed by atoms with Crippen LogP contribution in [-0.2, 0) is 32.6 Å². The smallest absolute Gasteiger partial charge is 0.244 e. The summed E-state index contributed by atoms with van der Waals surface area (Å²) in [5.74, 6) is -0.896. The topological polar surface area (TPSA) is 86.8 Å². The van der Waals surface area contributed by atoms with Gasteiger partial charge in [-0.05, 0) is 48.7 Å². The van der Waals surface area contributed by atoms with Gasteiger partial charge in [0.2, 0.25) is 21.8 Å². The number of amides is 2. The third kappa shape index (κ3) is 8.63. The number of hydrogen-bond acceptors (Lipinski definition) is 4. The number of carbonyl (C=O) groups is 2. The highest BCUT2D eigenvalue weighted by atomic mass is 35.5. The summed E-state index contributed by atoms with van der Waals surface area (Å²) in [5, 5.41) is 4.15. The largest absolute Gasteiger partial charge is 0.352 e. The second kappa shape index (κ2) is 14.6. The molecule has 0 aromatic heterocycles. The maximum atomic E-state index is 14.2. The normalized spacial score (nSPS) is 14.7. The highest BCUT2D eigenvalue weighted by Crippen LogP contribution is 2.29. The van der Waals surface area contributed by atoms with E-state index < -0.39 is 28.5 Å². The zero-order chi connectivity index (χ0) is 30.3. The Balaban J connectivity index is 1.76. The van der Waals surface area contributed by atoms with Gasteiger partial charge in [0.1, 0.15) is 12.6 Å². The molecule has 3 aromatic carbocycles. The molecule has 0 radical (unpaired) electrons. The van der Waals surface area contributed by atoms with Crippen LogP contribution >= 0.6 is 34.8 Å². The van der Waals surface area contributed by atoms with E-state index in [2.05, 4.69) is 5.32 Å². The molecule has 2 amide bonds. The molecule has 3 aromatic rings. The molecular formula is C31H34Cl3N3O4S. The van der Waals surface area contributed by atoms with E-state index in [0.717, 1.165) is 48.2 Å². The Kier molecular flexibility index (Phi) is 11.2. The van der Waals surface area contributed by atoms with Crippen molar-refractivity contribution in [1.29, 1.82) is 0 Å². The summed E-state index contributed by atoms with van der Waals surface area (Å²) < 4.78 is 26.8. The van der Waals surface area contributed by atoms with Crippen LogP contribution in [0.25, 0.3) is 0 Å². The van der Waals surface area contributed by atoms with Crippen LogP contribution in [-0.4, -0.2) is 50.0 Å². The van der Waals surface area contributed by atoms with Gasteiger partial charge in [0, 0.05) is 39.6 Å². The number of hydrogen-bond donors (Lipinski definition) is 1. The number of sulfonamides is 1. The average molecular weight is 651 g/mol. The summed E-state index contributed by atoms with van der Waals surface area (Å²) in [6.45, 7) is -0.649. The minimum atomic E-state index is -3.91. The highest BCUT2D eigenvalue weighted by molar-refractivity contribution is 7.92. The van der Waals surface area contributed by atoms with Gasteiger partial charge in [0.15, 0.2) is 0 Å². The van der Waals surface area contributed by atoms with E-state index in [4.69, 9.17) is 34.8 Å². The van der Waals surface area contributed by atoms with E-state index >= 15 is 0 Å². The van der Waals surface area contributed by atoms with Crippen molar-refractivity contribution in [3.63, 3.8) is 0 Å². The molecule has 224 valence electrons. The Labute approximate surface area is 262 Å². The first kappa shape index (κ1) is 32.1. The van der Waals surface area contributed by atoms with Gasteiger partial charge in [-0.1, -0.05) is 96.5 Å². The lowest BCUT2D eigenvalue weighted by Gasteiger charge is -2.35. The number of nitrogens with zero attached hydrogens (tertiary/aromatic N) is 2. The maximum absolute atomic E-state index is 14.2. The molecule has 1 aliphatic rings. The second-order valence-electron chi connectivity index (χ2n) is 10.5. The first-order valence-corrected chi connectivity index (χ1v) is 16.8. The molecule has 0 saturated heterocycles. The molecule has 1 saturated carbocycles. The number of halogens is 3. The van der Waals surface area contributed by atoms with Crippen molar-refractivity contribution in [2.24, 2.45) is 0 Å². The third-order valence-corrected chi connectivity index (χ3v) is 9.47. The van der Waals surface area contributed by atoms with Crippen molar-refractivity contribution < 1.29 is 18.0 Å². The fourth-order valence-electron chi connectivity index (χ4n) is 5.20. The van der Waals surface area contributed by atoms with Crippen molar-refractivity contribution in [2.45, 2.75) is 57.2 Å². The lowest BCUT2D eigenvalue weighted by atomic mass is 9.94. The fourth-order valence-corrected chi connectivity index (χ4v) is 6.74. The van der Waals surface area contributed by atoms with E-state index in [9.17, 15) is 18.0 Å². The Hall–Kier alpha value is -2.78. The Morgan fingerprint density at radius 2 is 1.55 bits per heavy atom. The fraction of sp³-hybridized carbons (Fsp3) is 0.355. The van der Waals surface area contributed by atoms with Crippen LogP contribution in [0.15, 0.2) is 72.8 Å². The van der Waals surface area contributed by atoms with Crippen molar-refractivity contribution in [2.75, 3.05) is 17.1 Å². The van der Waals surface area contributed by atoms with Crippen molar-refractivity contribution in [3.05, 3.63) is 99.0 Å². The molecule has 1 fully saturated rings. The molecule has 0 bridgehead atoms. The minimum Gasteiger partial charge on any atom is -0.352 e. The van der Waals surface area contributed by atoms with Gasteiger partial charge in [0.25, 0.3) is 0 Å². The summed E-state index contributed by atoms with van der Waals surface area (Å²) in [5.41, 5.74) is 1.55. The molecule has 0 aliphatic heterocycles. The molecule has 0 spiro atoms. The number of nitrogens with one attached hydrogen (secondary N) is 1. The van der Waals surface area contributed by atoms with Crippen LogP contribution < -0.4 is 9.62 Å². The van der Waals surface area contributed by atoms with Gasteiger partial charge in [-0.25, -0.2) is 8.42 Å². The zero-order valence-electron chi connectivity index (χ0n) is 23.3. The Morgan fingerprint density at radius 1 is 0.905 bits per heavy atom. The third-order valence-electron chi connectivity index (χ3n) is 7.39. The number of benzene rings is 3. The summed E-state index contributed by atoms with van der Waals surface area (Å²) >= 11 is 19.2. The monoisotopic (exact) mass is 649 g/mol. The quantitative estimate of drug-likeness (QED) is 0.257. The standard InChI is InChI=1S/C31H34Cl3N3O4S/c1-42(40,41)37(25-15-8-12-23(32)19-25)21-30(38)36(20-26-27(33)16-9-17-28(26)34)29(18-22-10-4-2-5-11-22)31(39)35-24-13-6-3-7-14-24/h2,4-5,8-12,15-17,19,24,29H,3,6-7,13-14,18,20-21H2,1H3,(H,35,39). The van der Waals surface area contributed by atoms with Crippen LogP contribution in [0.3, 0.4) is 0 Å². The summed E-state index contributed by atoms with van der Waals surface area (Å²) in [4.78, 5) is 29.6. The minimum absolute atomic E-state index is 0.00403. The summed E-state index contributed by atoms with van der Waals surface area (Å²) in [7, 11) is -3.91. The molecule has 0 heterocycles. The highest BCUT2D eigenvalue weighted by Gasteiger charge is 2.34. The van der Waals surface area contributed by atoms with Crippen LogP contribution in [0.2, 0.25) is 15.1 Å². The van der Waals surface area contributed by atoms with Gasteiger partial charge < -0.3 is 10.2 Å². The zero-order valence-corrected chi connectivity index (χ0v) is 26.4. The number of rotatable bonds is 11. The SMILES string of the molecule is CS(=O)(=O)N(CC(=O)N(Cc1c(Cl)cccc1Cl)C(Cc1ccccc1)C(=O)NC1CCCCC1)c1cccc(Cl)c1. The molecule has 42 heavy (non-hydrogen) atoms. The molecule has 1 atom stereocenters.